The number of carbonyl (C=O) groups excluding carboxylic acids is 1. The SMILES string of the molecule is COc1cc(NCc2ccc(F)cc2)ccc1NC(C)=O. The second-order valence-electron chi connectivity index (χ2n) is 4.58. The lowest BCUT2D eigenvalue weighted by Gasteiger charge is -2.12. The van der Waals surface area contributed by atoms with Crippen molar-refractivity contribution in [2.24, 2.45) is 0 Å². The number of ether oxygens (including phenoxy) is 1. The molecule has 0 fully saturated rings. The Hall–Kier alpha value is -2.56. The van der Waals surface area contributed by atoms with Gasteiger partial charge < -0.3 is 15.4 Å². The van der Waals surface area contributed by atoms with Gasteiger partial charge in [-0.3, -0.25) is 4.79 Å². The van der Waals surface area contributed by atoms with Crippen LogP contribution in [0.25, 0.3) is 0 Å². The van der Waals surface area contributed by atoms with E-state index in [2.05, 4.69) is 10.6 Å². The zero-order valence-corrected chi connectivity index (χ0v) is 11.9. The summed E-state index contributed by atoms with van der Waals surface area (Å²) in [6.45, 7) is 2.02. The van der Waals surface area contributed by atoms with Crippen LogP contribution in [0, 0.1) is 5.82 Å². The molecule has 4 nitrogen and oxygen atoms in total. The van der Waals surface area contributed by atoms with Crippen LogP contribution >= 0.6 is 0 Å². The molecule has 21 heavy (non-hydrogen) atoms. The van der Waals surface area contributed by atoms with Gasteiger partial charge in [0.05, 0.1) is 12.8 Å². The summed E-state index contributed by atoms with van der Waals surface area (Å²) in [5.74, 6) is 0.176. The van der Waals surface area contributed by atoms with E-state index in [1.807, 2.05) is 6.07 Å². The van der Waals surface area contributed by atoms with E-state index in [0.717, 1.165) is 11.3 Å². The van der Waals surface area contributed by atoms with Crippen molar-refractivity contribution in [2.45, 2.75) is 13.5 Å². The Morgan fingerprint density at radius 1 is 1.19 bits per heavy atom. The van der Waals surface area contributed by atoms with Gasteiger partial charge in [-0.2, -0.15) is 0 Å². The maximum atomic E-state index is 12.8. The van der Waals surface area contributed by atoms with Crippen molar-refractivity contribution in [1.29, 1.82) is 0 Å². The number of hydrogen-bond donors (Lipinski definition) is 2. The number of halogens is 1. The average molecular weight is 288 g/mol. The topological polar surface area (TPSA) is 50.4 Å². The van der Waals surface area contributed by atoms with Crippen LogP contribution in [0.2, 0.25) is 0 Å². The van der Waals surface area contributed by atoms with Gasteiger partial charge in [-0.1, -0.05) is 12.1 Å². The second kappa shape index (κ2) is 6.74. The molecule has 2 rings (SSSR count). The number of anilines is 2. The van der Waals surface area contributed by atoms with Crippen LogP contribution in [0.4, 0.5) is 15.8 Å². The van der Waals surface area contributed by atoms with Gasteiger partial charge in [-0.25, -0.2) is 4.39 Å². The van der Waals surface area contributed by atoms with Crippen LogP contribution in [-0.4, -0.2) is 13.0 Å². The molecular weight excluding hydrogens is 271 g/mol. The first-order valence-electron chi connectivity index (χ1n) is 6.52. The summed E-state index contributed by atoms with van der Waals surface area (Å²) >= 11 is 0. The predicted octanol–water partition coefficient (Wildman–Crippen LogP) is 3.40. The standard InChI is InChI=1S/C16H17FN2O2/c1-11(20)19-15-8-7-14(9-16(15)21-2)18-10-12-3-5-13(17)6-4-12/h3-9,18H,10H2,1-2H3,(H,19,20). The predicted molar refractivity (Wildman–Crippen MR) is 81.0 cm³/mol. The number of amides is 1. The number of hydrogen-bond acceptors (Lipinski definition) is 3. The van der Waals surface area contributed by atoms with Gasteiger partial charge in [-0.05, 0) is 29.8 Å². The van der Waals surface area contributed by atoms with Gasteiger partial charge >= 0.3 is 0 Å². The van der Waals surface area contributed by atoms with Crippen LogP contribution in [0.3, 0.4) is 0 Å². The Morgan fingerprint density at radius 3 is 2.52 bits per heavy atom. The third-order valence-corrected chi connectivity index (χ3v) is 2.92. The summed E-state index contributed by atoms with van der Waals surface area (Å²) in [4.78, 5) is 11.1. The molecule has 0 aliphatic carbocycles. The average Bonchev–Trinajstić information content (AvgIpc) is 2.47. The molecular formula is C16H17FN2O2. The Kier molecular flexibility index (Phi) is 4.77. The summed E-state index contributed by atoms with van der Waals surface area (Å²) in [7, 11) is 1.55. The summed E-state index contributed by atoms with van der Waals surface area (Å²) in [5, 5.41) is 5.92. The molecule has 0 aliphatic heterocycles. The van der Waals surface area contributed by atoms with Gasteiger partial charge in [0.25, 0.3) is 0 Å². The van der Waals surface area contributed by atoms with Gasteiger partial charge in [0, 0.05) is 25.2 Å². The molecule has 0 radical (unpaired) electrons. The third kappa shape index (κ3) is 4.21. The van der Waals surface area contributed by atoms with Gasteiger partial charge in [0.15, 0.2) is 0 Å². The van der Waals surface area contributed by atoms with Crippen molar-refractivity contribution in [1.82, 2.24) is 0 Å². The highest BCUT2D eigenvalue weighted by atomic mass is 19.1. The maximum absolute atomic E-state index is 12.8. The minimum Gasteiger partial charge on any atom is -0.494 e. The van der Waals surface area contributed by atoms with Crippen molar-refractivity contribution in [3.63, 3.8) is 0 Å². The fraction of sp³-hybridized carbons (Fsp3) is 0.188. The lowest BCUT2D eigenvalue weighted by atomic mass is 10.2. The van der Waals surface area contributed by atoms with Crippen molar-refractivity contribution in [2.75, 3.05) is 17.7 Å². The summed E-state index contributed by atoms with van der Waals surface area (Å²) in [6.07, 6.45) is 0. The van der Waals surface area contributed by atoms with Crippen molar-refractivity contribution >= 4 is 17.3 Å². The maximum Gasteiger partial charge on any atom is 0.221 e. The minimum atomic E-state index is -0.250. The Bertz CT molecular complexity index is 627. The van der Waals surface area contributed by atoms with Crippen LogP contribution in [0.1, 0.15) is 12.5 Å². The first-order chi connectivity index (χ1) is 10.1. The smallest absolute Gasteiger partial charge is 0.221 e. The Morgan fingerprint density at radius 2 is 1.90 bits per heavy atom. The normalized spacial score (nSPS) is 10.0. The van der Waals surface area contributed by atoms with Crippen molar-refractivity contribution < 1.29 is 13.9 Å². The van der Waals surface area contributed by atoms with E-state index < -0.39 is 0 Å². The number of benzene rings is 2. The lowest BCUT2D eigenvalue weighted by Crippen LogP contribution is -2.07. The first-order valence-corrected chi connectivity index (χ1v) is 6.52. The number of nitrogens with one attached hydrogen (secondary N) is 2. The molecule has 0 saturated heterocycles. The summed E-state index contributed by atoms with van der Waals surface area (Å²) in [5.41, 5.74) is 2.45. The van der Waals surface area contributed by atoms with Crippen LogP contribution in [0.5, 0.6) is 5.75 Å². The van der Waals surface area contributed by atoms with Crippen LogP contribution in [-0.2, 0) is 11.3 Å². The summed E-state index contributed by atoms with van der Waals surface area (Å²) < 4.78 is 18.1. The molecule has 0 atom stereocenters. The molecule has 0 saturated carbocycles. The van der Waals surface area contributed by atoms with E-state index in [-0.39, 0.29) is 11.7 Å². The number of rotatable bonds is 5. The highest BCUT2D eigenvalue weighted by Gasteiger charge is 2.05. The van der Waals surface area contributed by atoms with Crippen molar-refractivity contribution in [3.05, 3.63) is 53.8 Å². The van der Waals surface area contributed by atoms with E-state index >= 15 is 0 Å². The Labute approximate surface area is 122 Å². The van der Waals surface area contributed by atoms with E-state index in [1.165, 1.54) is 19.1 Å². The lowest BCUT2D eigenvalue weighted by molar-refractivity contribution is -0.114. The molecule has 110 valence electrons. The minimum absolute atomic E-state index is 0.152. The third-order valence-electron chi connectivity index (χ3n) is 2.92. The highest BCUT2D eigenvalue weighted by Crippen LogP contribution is 2.28. The summed E-state index contributed by atoms with van der Waals surface area (Å²) in [6, 6.07) is 11.7. The molecule has 1 amide bonds. The van der Waals surface area contributed by atoms with E-state index in [4.69, 9.17) is 4.74 Å². The van der Waals surface area contributed by atoms with E-state index in [1.54, 1.807) is 31.4 Å². The van der Waals surface area contributed by atoms with E-state index in [0.29, 0.717) is 18.0 Å². The molecule has 2 aromatic carbocycles. The molecule has 0 aliphatic rings. The molecule has 0 spiro atoms. The fourth-order valence-corrected chi connectivity index (χ4v) is 1.90. The molecule has 0 bridgehead atoms. The number of carbonyl (C=O) groups is 1. The van der Waals surface area contributed by atoms with Crippen LogP contribution < -0.4 is 15.4 Å². The van der Waals surface area contributed by atoms with Crippen molar-refractivity contribution in [3.8, 4) is 5.75 Å². The monoisotopic (exact) mass is 288 g/mol. The number of methoxy groups -OCH3 is 1. The quantitative estimate of drug-likeness (QED) is 0.886. The van der Waals surface area contributed by atoms with Gasteiger partial charge in [0.2, 0.25) is 5.91 Å². The van der Waals surface area contributed by atoms with Gasteiger partial charge in [0.1, 0.15) is 11.6 Å². The second-order valence-corrected chi connectivity index (χ2v) is 4.58. The highest BCUT2D eigenvalue weighted by molar-refractivity contribution is 5.90. The fourth-order valence-electron chi connectivity index (χ4n) is 1.90. The molecule has 0 aromatic heterocycles. The molecule has 0 heterocycles. The first kappa shape index (κ1) is 14.8. The zero-order valence-electron chi connectivity index (χ0n) is 11.9. The molecule has 2 aromatic rings. The molecule has 5 heteroatoms. The van der Waals surface area contributed by atoms with Crippen LogP contribution in [0.15, 0.2) is 42.5 Å². The molecule has 2 N–H and O–H groups in total. The largest absolute Gasteiger partial charge is 0.494 e. The van der Waals surface area contributed by atoms with Gasteiger partial charge in [-0.15, -0.1) is 0 Å². The Balaban J connectivity index is 2.06. The molecule has 0 unspecified atom stereocenters. The van der Waals surface area contributed by atoms with E-state index in [9.17, 15) is 9.18 Å². The zero-order chi connectivity index (χ0) is 15.2.